The van der Waals surface area contributed by atoms with E-state index in [0.29, 0.717) is 13.0 Å². The summed E-state index contributed by atoms with van der Waals surface area (Å²) in [7, 11) is 0. The van der Waals surface area contributed by atoms with Crippen molar-refractivity contribution >= 4 is 5.97 Å². The molecule has 3 nitrogen and oxygen atoms in total. The van der Waals surface area contributed by atoms with Gasteiger partial charge >= 0.3 is 5.97 Å². The van der Waals surface area contributed by atoms with Crippen LogP contribution in [0.2, 0.25) is 0 Å². The summed E-state index contributed by atoms with van der Waals surface area (Å²) in [5, 5.41) is 9.35. The van der Waals surface area contributed by atoms with Gasteiger partial charge in [-0.15, -0.1) is 0 Å². The molecule has 0 aliphatic carbocycles. The Bertz CT molecular complexity index is 435. The van der Waals surface area contributed by atoms with Gasteiger partial charge in [-0.2, -0.15) is 0 Å². The molecule has 0 aliphatic heterocycles. The van der Waals surface area contributed by atoms with Crippen LogP contribution in [-0.2, 0) is 16.1 Å². The molecular weight excluding hydrogens is 264 g/mol. The van der Waals surface area contributed by atoms with Crippen LogP contribution in [0.4, 0.5) is 0 Å². The van der Waals surface area contributed by atoms with Crippen LogP contribution in [0.25, 0.3) is 0 Å². The van der Waals surface area contributed by atoms with Gasteiger partial charge in [0.05, 0.1) is 0 Å². The van der Waals surface area contributed by atoms with Crippen molar-refractivity contribution in [3.05, 3.63) is 35.9 Å². The Hall–Kier alpha value is -1.35. The molecule has 0 bridgehead atoms. The second-order valence-electron chi connectivity index (χ2n) is 7.31. The predicted octanol–water partition coefficient (Wildman–Crippen LogP) is 3.94. The monoisotopic (exact) mass is 292 g/mol. The van der Waals surface area contributed by atoms with Crippen molar-refractivity contribution in [3.8, 4) is 0 Å². The summed E-state index contributed by atoms with van der Waals surface area (Å²) in [4.78, 5) is 11.8. The van der Waals surface area contributed by atoms with Gasteiger partial charge < -0.3 is 9.84 Å². The van der Waals surface area contributed by atoms with Crippen LogP contribution in [0.15, 0.2) is 30.3 Å². The number of hydrogen-bond acceptors (Lipinski definition) is 3. The van der Waals surface area contributed by atoms with E-state index >= 15 is 0 Å². The normalized spacial score (nSPS) is 12.2. The highest BCUT2D eigenvalue weighted by Gasteiger charge is 2.28. The number of ether oxygens (including phenoxy) is 1. The highest BCUT2D eigenvalue weighted by Crippen LogP contribution is 2.36. The van der Waals surface area contributed by atoms with Crippen LogP contribution in [0, 0.1) is 10.8 Å². The first-order chi connectivity index (χ1) is 9.74. The fraction of sp³-hybridized carbons (Fsp3) is 0.611. The zero-order valence-corrected chi connectivity index (χ0v) is 13.7. The second kappa shape index (κ2) is 7.60. The molecule has 0 saturated heterocycles. The fourth-order valence-electron chi connectivity index (χ4n) is 2.69. The van der Waals surface area contributed by atoms with Gasteiger partial charge in [0.15, 0.2) is 0 Å². The summed E-state index contributed by atoms with van der Waals surface area (Å²) in [6.45, 7) is 8.85. The van der Waals surface area contributed by atoms with Crippen LogP contribution in [0.1, 0.15) is 52.5 Å². The van der Waals surface area contributed by atoms with E-state index in [4.69, 9.17) is 4.74 Å². The maximum Gasteiger partial charge on any atom is 0.306 e. The van der Waals surface area contributed by atoms with Crippen molar-refractivity contribution in [1.29, 1.82) is 0 Å². The zero-order chi connectivity index (χ0) is 15.9. The Morgan fingerprint density at radius 2 is 1.71 bits per heavy atom. The van der Waals surface area contributed by atoms with E-state index in [1.807, 2.05) is 44.2 Å². The SMILES string of the molecule is CC(C)(CO)CC(C)(C)CCC(=O)OCc1ccccc1. The lowest BCUT2D eigenvalue weighted by atomic mass is 9.73. The molecule has 1 rings (SSSR count). The number of esters is 1. The minimum atomic E-state index is -0.159. The molecule has 0 radical (unpaired) electrons. The number of benzene rings is 1. The average Bonchev–Trinajstić information content (AvgIpc) is 2.43. The van der Waals surface area contributed by atoms with E-state index in [0.717, 1.165) is 18.4 Å². The Kier molecular flexibility index (Phi) is 6.41. The third-order valence-electron chi connectivity index (χ3n) is 3.63. The van der Waals surface area contributed by atoms with Crippen molar-refractivity contribution in [1.82, 2.24) is 0 Å². The van der Waals surface area contributed by atoms with Gasteiger partial charge in [0.25, 0.3) is 0 Å². The Morgan fingerprint density at radius 1 is 1.10 bits per heavy atom. The van der Waals surface area contributed by atoms with Crippen LogP contribution < -0.4 is 0 Å². The van der Waals surface area contributed by atoms with E-state index in [2.05, 4.69) is 13.8 Å². The zero-order valence-electron chi connectivity index (χ0n) is 13.7. The number of hydrogen-bond donors (Lipinski definition) is 1. The van der Waals surface area contributed by atoms with Gasteiger partial charge in [-0.1, -0.05) is 58.0 Å². The van der Waals surface area contributed by atoms with Crippen molar-refractivity contribution in [2.24, 2.45) is 10.8 Å². The summed E-state index contributed by atoms with van der Waals surface area (Å²) in [5.74, 6) is -0.159. The molecule has 21 heavy (non-hydrogen) atoms. The van der Waals surface area contributed by atoms with Gasteiger partial charge in [0.1, 0.15) is 6.61 Å². The lowest BCUT2D eigenvalue weighted by Gasteiger charge is -2.33. The minimum Gasteiger partial charge on any atom is -0.461 e. The number of aliphatic hydroxyl groups is 1. The molecule has 0 amide bonds. The molecule has 0 heterocycles. The molecule has 0 aromatic heterocycles. The maximum atomic E-state index is 11.8. The first-order valence-corrected chi connectivity index (χ1v) is 7.55. The smallest absolute Gasteiger partial charge is 0.306 e. The number of carbonyl (C=O) groups excluding carboxylic acids is 1. The summed E-state index contributed by atoms with van der Waals surface area (Å²) in [6.07, 6.45) is 2.06. The summed E-state index contributed by atoms with van der Waals surface area (Å²) < 4.78 is 5.29. The number of carbonyl (C=O) groups is 1. The highest BCUT2D eigenvalue weighted by atomic mass is 16.5. The fourth-order valence-corrected chi connectivity index (χ4v) is 2.69. The molecular formula is C18H28O3. The van der Waals surface area contributed by atoms with Crippen LogP contribution in [-0.4, -0.2) is 17.7 Å². The van der Waals surface area contributed by atoms with Gasteiger partial charge in [-0.25, -0.2) is 0 Å². The van der Waals surface area contributed by atoms with Crippen LogP contribution in [0.5, 0.6) is 0 Å². The quantitative estimate of drug-likeness (QED) is 0.738. The molecule has 0 spiro atoms. The molecule has 0 aliphatic rings. The molecule has 0 fully saturated rings. The lowest BCUT2D eigenvalue weighted by molar-refractivity contribution is -0.145. The maximum absolute atomic E-state index is 11.8. The Labute approximate surface area is 128 Å². The van der Waals surface area contributed by atoms with Crippen LogP contribution >= 0.6 is 0 Å². The van der Waals surface area contributed by atoms with E-state index < -0.39 is 0 Å². The molecule has 0 unspecified atom stereocenters. The average molecular weight is 292 g/mol. The van der Waals surface area contributed by atoms with Gasteiger partial charge in [0, 0.05) is 13.0 Å². The van der Waals surface area contributed by atoms with E-state index in [1.165, 1.54) is 0 Å². The summed E-state index contributed by atoms with van der Waals surface area (Å²) in [6, 6.07) is 9.70. The molecule has 1 aromatic carbocycles. The lowest BCUT2D eigenvalue weighted by Crippen LogP contribution is -2.27. The van der Waals surface area contributed by atoms with Crippen molar-refractivity contribution in [2.45, 2.75) is 53.6 Å². The molecule has 3 heteroatoms. The van der Waals surface area contributed by atoms with Crippen molar-refractivity contribution in [3.63, 3.8) is 0 Å². The predicted molar refractivity (Wildman–Crippen MR) is 84.7 cm³/mol. The molecule has 1 N–H and O–H groups in total. The number of rotatable bonds is 8. The summed E-state index contributed by atoms with van der Waals surface area (Å²) >= 11 is 0. The van der Waals surface area contributed by atoms with E-state index in [1.54, 1.807) is 0 Å². The molecule has 118 valence electrons. The third-order valence-corrected chi connectivity index (χ3v) is 3.63. The largest absolute Gasteiger partial charge is 0.461 e. The molecule has 0 saturated carbocycles. The molecule has 0 atom stereocenters. The standard InChI is InChI=1S/C18H28O3/c1-17(2,13-18(3,4)14-19)11-10-16(20)21-12-15-8-6-5-7-9-15/h5-9,19H,10-14H2,1-4H3. The highest BCUT2D eigenvalue weighted by molar-refractivity contribution is 5.69. The first kappa shape index (κ1) is 17.7. The van der Waals surface area contributed by atoms with E-state index in [-0.39, 0.29) is 23.4 Å². The number of aliphatic hydroxyl groups excluding tert-OH is 1. The Morgan fingerprint density at radius 3 is 2.29 bits per heavy atom. The Balaban J connectivity index is 2.35. The topological polar surface area (TPSA) is 46.5 Å². The van der Waals surface area contributed by atoms with Gasteiger partial charge in [0.2, 0.25) is 0 Å². The third kappa shape index (κ3) is 7.28. The van der Waals surface area contributed by atoms with Crippen LogP contribution in [0.3, 0.4) is 0 Å². The van der Waals surface area contributed by atoms with Crippen molar-refractivity contribution < 1.29 is 14.6 Å². The van der Waals surface area contributed by atoms with Gasteiger partial charge in [-0.3, -0.25) is 4.79 Å². The summed E-state index contributed by atoms with van der Waals surface area (Å²) in [5.41, 5.74) is 0.904. The molecule has 1 aromatic rings. The van der Waals surface area contributed by atoms with Gasteiger partial charge in [-0.05, 0) is 29.2 Å². The van der Waals surface area contributed by atoms with E-state index in [9.17, 15) is 9.90 Å². The van der Waals surface area contributed by atoms with Crippen molar-refractivity contribution in [2.75, 3.05) is 6.61 Å². The first-order valence-electron chi connectivity index (χ1n) is 7.55. The second-order valence-corrected chi connectivity index (χ2v) is 7.31. The minimum absolute atomic E-state index is 0.0119.